The maximum absolute atomic E-state index is 12.4. The Morgan fingerprint density at radius 3 is 2.59 bits per heavy atom. The summed E-state index contributed by atoms with van der Waals surface area (Å²) in [5, 5.41) is 4.06. The minimum Gasteiger partial charge on any atom is -0.493 e. The zero-order valence-corrected chi connectivity index (χ0v) is 20.0. The van der Waals surface area contributed by atoms with Gasteiger partial charge in [0.25, 0.3) is 5.91 Å². The molecule has 164 valence electrons. The summed E-state index contributed by atoms with van der Waals surface area (Å²) in [5.74, 6) is 1.70. The van der Waals surface area contributed by atoms with Crippen molar-refractivity contribution in [3.8, 4) is 11.5 Å². The third kappa shape index (κ3) is 6.73. The fourth-order valence-electron chi connectivity index (χ4n) is 2.76. The summed E-state index contributed by atoms with van der Waals surface area (Å²) >= 11 is 5.23. The van der Waals surface area contributed by atoms with E-state index in [-0.39, 0.29) is 5.91 Å². The van der Waals surface area contributed by atoms with E-state index in [4.69, 9.17) is 9.47 Å². The lowest BCUT2D eigenvalue weighted by molar-refractivity contribution is 0.0955. The highest BCUT2D eigenvalue weighted by atomic mass is 79.9. The number of hydrogen-bond donors (Lipinski definition) is 1. The first kappa shape index (κ1) is 23.6. The molecule has 0 aliphatic heterocycles. The number of hydrogen-bond acceptors (Lipinski definition) is 5. The lowest BCUT2D eigenvalue weighted by Gasteiger charge is -2.12. The van der Waals surface area contributed by atoms with Crippen LogP contribution in [0.25, 0.3) is 0 Å². The summed E-state index contributed by atoms with van der Waals surface area (Å²) in [4.78, 5) is 13.6. The molecule has 0 heterocycles. The lowest BCUT2D eigenvalue weighted by Crippen LogP contribution is -2.17. The second-order valence-corrected chi connectivity index (χ2v) is 8.53. The van der Waals surface area contributed by atoms with Crippen LogP contribution in [-0.2, 0) is 5.75 Å². The van der Waals surface area contributed by atoms with E-state index in [1.54, 1.807) is 49.4 Å². The molecule has 0 unspecified atom stereocenters. The van der Waals surface area contributed by atoms with Crippen LogP contribution in [0.4, 0.5) is 0 Å². The van der Waals surface area contributed by atoms with Crippen LogP contribution in [0.3, 0.4) is 0 Å². The average Bonchev–Trinajstić information content (AvgIpc) is 2.82. The van der Waals surface area contributed by atoms with E-state index in [9.17, 15) is 4.79 Å². The molecular formula is C25H23BrN2O3S. The predicted octanol–water partition coefficient (Wildman–Crippen LogP) is 6.08. The van der Waals surface area contributed by atoms with E-state index in [0.717, 1.165) is 21.4 Å². The molecule has 3 aromatic carbocycles. The Morgan fingerprint density at radius 1 is 1.16 bits per heavy atom. The van der Waals surface area contributed by atoms with Crippen LogP contribution in [0.5, 0.6) is 11.5 Å². The monoisotopic (exact) mass is 510 g/mol. The first-order valence-electron chi connectivity index (χ1n) is 9.82. The van der Waals surface area contributed by atoms with Crippen LogP contribution in [-0.4, -0.2) is 25.8 Å². The van der Waals surface area contributed by atoms with Crippen LogP contribution in [0, 0.1) is 0 Å². The smallest absolute Gasteiger partial charge is 0.271 e. The van der Waals surface area contributed by atoms with E-state index in [1.165, 1.54) is 4.90 Å². The first-order valence-corrected chi connectivity index (χ1v) is 11.6. The number of carbonyl (C=O) groups excluding carboxylic acids is 1. The Balaban J connectivity index is 1.58. The second-order valence-electron chi connectivity index (χ2n) is 6.63. The van der Waals surface area contributed by atoms with Crippen LogP contribution in [0.15, 0.2) is 93.9 Å². The summed E-state index contributed by atoms with van der Waals surface area (Å²) in [6, 6.07) is 21.3. The number of hydrazone groups is 1. The predicted molar refractivity (Wildman–Crippen MR) is 134 cm³/mol. The largest absolute Gasteiger partial charge is 0.493 e. The Bertz CT molecular complexity index is 1090. The van der Waals surface area contributed by atoms with Crippen molar-refractivity contribution in [3.05, 3.63) is 101 Å². The van der Waals surface area contributed by atoms with E-state index >= 15 is 0 Å². The van der Waals surface area contributed by atoms with Crippen molar-refractivity contribution in [1.29, 1.82) is 0 Å². The van der Waals surface area contributed by atoms with Gasteiger partial charge in [-0.05, 0) is 63.5 Å². The maximum Gasteiger partial charge on any atom is 0.271 e. The van der Waals surface area contributed by atoms with Crippen molar-refractivity contribution < 1.29 is 14.3 Å². The molecule has 3 rings (SSSR count). The molecule has 0 fully saturated rings. The quantitative estimate of drug-likeness (QED) is 0.155. The fraction of sp³-hybridized carbons (Fsp3) is 0.120. The van der Waals surface area contributed by atoms with Gasteiger partial charge in [0.2, 0.25) is 0 Å². The summed E-state index contributed by atoms with van der Waals surface area (Å²) in [5.41, 5.74) is 4.99. The van der Waals surface area contributed by atoms with Gasteiger partial charge >= 0.3 is 0 Å². The maximum atomic E-state index is 12.4. The number of nitrogens with one attached hydrogen (secondary N) is 1. The van der Waals surface area contributed by atoms with Gasteiger partial charge in [-0.25, -0.2) is 5.43 Å². The highest BCUT2D eigenvalue weighted by Crippen LogP contribution is 2.36. The number of amides is 1. The van der Waals surface area contributed by atoms with Crippen molar-refractivity contribution in [2.24, 2.45) is 5.10 Å². The SMILES string of the molecule is C=CCOc1c(Br)cc(/C=N\NC(=O)c2ccc(CSc3ccccc3)cc2)cc1OC. The number of thioether (sulfide) groups is 1. The second kappa shape index (κ2) is 12.1. The molecule has 3 aromatic rings. The van der Waals surface area contributed by atoms with Crippen LogP contribution in [0.2, 0.25) is 0 Å². The molecule has 1 N–H and O–H groups in total. The van der Waals surface area contributed by atoms with Gasteiger partial charge in [0.15, 0.2) is 11.5 Å². The average molecular weight is 511 g/mol. The van der Waals surface area contributed by atoms with E-state index < -0.39 is 0 Å². The van der Waals surface area contributed by atoms with Gasteiger partial charge in [0.1, 0.15) is 6.61 Å². The number of rotatable bonds is 10. The van der Waals surface area contributed by atoms with Gasteiger partial charge in [0, 0.05) is 16.2 Å². The number of benzene rings is 3. The van der Waals surface area contributed by atoms with Crippen molar-refractivity contribution in [2.75, 3.05) is 13.7 Å². The van der Waals surface area contributed by atoms with E-state index in [2.05, 4.69) is 45.2 Å². The molecule has 0 atom stereocenters. The summed E-state index contributed by atoms with van der Waals surface area (Å²) in [6.45, 7) is 4.01. The Hall–Kier alpha value is -3.03. The molecule has 0 saturated carbocycles. The Morgan fingerprint density at radius 2 is 1.91 bits per heavy atom. The van der Waals surface area contributed by atoms with Crippen molar-refractivity contribution in [2.45, 2.75) is 10.6 Å². The summed E-state index contributed by atoms with van der Waals surface area (Å²) in [7, 11) is 1.56. The molecule has 7 heteroatoms. The number of nitrogens with zero attached hydrogens (tertiary/aromatic N) is 1. The molecular weight excluding hydrogens is 488 g/mol. The standard InChI is InChI=1S/C25H23BrN2O3S/c1-3-13-31-24-22(26)14-19(15-23(24)30-2)16-27-28-25(29)20-11-9-18(10-12-20)17-32-21-7-5-4-6-8-21/h3-12,14-16H,1,13,17H2,2H3,(H,28,29)/b27-16-. The molecule has 0 aliphatic carbocycles. The van der Waals surface area contributed by atoms with Gasteiger partial charge in [-0.2, -0.15) is 5.10 Å². The molecule has 0 radical (unpaired) electrons. The zero-order valence-electron chi connectivity index (χ0n) is 17.6. The highest BCUT2D eigenvalue weighted by molar-refractivity contribution is 9.10. The molecule has 0 aromatic heterocycles. The van der Waals surface area contributed by atoms with Crippen molar-refractivity contribution in [1.82, 2.24) is 5.43 Å². The molecule has 1 amide bonds. The molecule has 5 nitrogen and oxygen atoms in total. The van der Waals surface area contributed by atoms with Crippen molar-refractivity contribution >= 4 is 39.8 Å². The minimum atomic E-state index is -0.277. The molecule has 0 spiro atoms. The number of halogens is 1. The fourth-order valence-corrected chi connectivity index (χ4v) is 4.21. The van der Waals surface area contributed by atoms with Gasteiger partial charge in [-0.15, -0.1) is 11.8 Å². The van der Waals surface area contributed by atoms with Gasteiger partial charge in [0.05, 0.1) is 17.8 Å². The number of ether oxygens (including phenoxy) is 2. The highest BCUT2D eigenvalue weighted by Gasteiger charge is 2.11. The van der Waals surface area contributed by atoms with Crippen LogP contribution >= 0.6 is 27.7 Å². The van der Waals surface area contributed by atoms with Crippen molar-refractivity contribution in [3.63, 3.8) is 0 Å². The van der Waals surface area contributed by atoms with Gasteiger partial charge in [-0.3, -0.25) is 4.79 Å². The number of carbonyl (C=O) groups is 1. The zero-order chi connectivity index (χ0) is 22.8. The molecule has 0 bridgehead atoms. The van der Waals surface area contributed by atoms with Crippen LogP contribution in [0.1, 0.15) is 21.5 Å². The normalized spacial score (nSPS) is 10.7. The lowest BCUT2D eigenvalue weighted by atomic mass is 10.1. The van der Waals surface area contributed by atoms with E-state index in [0.29, 0.717) is 23.7 Å². The summed E-state index contributed by atoms with van der Waals surface area (Å²) in [6.07, 6.45) is 3.21. The van der Waals surface area contributed by atoms with E-state index in [1.807, 2.05) is 36.4 Å². The third-order valence-corrected chi connectivity index (χ3v) is 6.01. The molecule has 32 heavy (non-hydrogen) atoms. The Kier molecular flexibility index (Phi) is 8.95. The van der Waals surface area contributed by atoms with Crippen LogP contribution < -0.4 is 14.9 Å². The molecule has 0 saturated heterocycles. The minimum absolute atomic E-state index is 0.277. The third-order valence-electron chi connectivity index (χ3n) is 4.34. The number of methoxy groups -OCH3 is 1. The molecule has 0 aliphatic rings. The van der Waals surface area contributed by atoms with Gasteiger partial charge in [-0.1, -0.05) is 43.0 Å². The summed E-state index contributed by atoms with van der Waals surface area (Å²) < 4.78 is 11.7. The first-order chi connectivity index (χ1) is 15.6. The van der Waals surface area contributed by atoms with Gasteiger partial charge < -0.3 is 9.47 Å². The topological polar surface area (TPSA) is 59.9 Å². The Labute approximate surface area is 200 Å².